The number of nitrogens with one attached hydrogen (secondary N) is 2. The van der Waals surface area contributed by atoms with Crippen LogP contribution in [0, 0.1) is 9.54 Å². The fraction of sp³-hybridized carbons (Fsp3) is 0.250. The Morgan fingerprint density at radius 2 is 1.59 bits per heavy atom. The number of aliphatic carboxylic acids is 1. The van der Waals surface area contributed by atoms with Gasteiger partial charge in [0.2, 0.25) is 0 Å². The molecule has 0 saturated carbocycles. The van der Waals surface area contributed by atoms with E-state index in [2.05, 4.69) is 17.1 Å². The molecule has 1 atom stereocenters. The first-order valence-electron chi connectivity index (χ1n) is 9.10. The quantitative estimate of drug-likeness (QED) is 0.274. The third kappa shape index (κ3) is 5.35. The number of benzene rings is 2. The summed E-state index contributed by atoms with van der Waals surface area (Å²) in [7, 11) is 0. The van der Waals surface area contributed by atoms with E-state index in [0.29, 0.717) is 16.0 Å². The van der Waals surface area contributed by atoms with Crippen LogP contribution in [-0.2, 0) is 27.2 Å². The number of carboxylic acid groups (broad SMARTS) is 1. The van der Waals surface area contributed by atoms with E-state index < -0.39 is 12.0 Å². The molecule has 0 fully saturated rings. The molecule has 29 heavy (non-hydrogen) atoms. The number of nitrogens with zero attached hydrogens (tertiary/aromatic N) is 2. The predicted octanol–water partition coefficient (Wildman–Crippen LogP) is 5.37. The van der Waals surface area contributed by atoms with Gasteiger partial charge in [0.05, 0.1) is 5.69 Å². The van der Waals surface area contributed by atoms with Crippen molar-refractivity contribution in [1.29, 1.82) is 0 Å². The molecule has 1 aromatic heterocycles. The van der Waals surface area contributed by atoms with Crippen molar-refractivity contribution in [3.05, 3.63) is 64.1 Å². The van der Waals surface area contributed by atoms with Crippen molar-refractivity contribution in [3.8, 4) is 5.69 Å². The number of unbranched alkanes of at least 4 members (excludes halogenated alkanes) is 1. The molecular formula is C20H22AgN4O2S2. The number of hydrogen-bond donors (Lipinski definition) is 3. The molecule has 0 aliphatic carbocycles. The first kappa shape index (κ1) is 23.3. The Morgan fingerprint density at radius 1 is 1.03 bits per heavy atom. The summed E-state index contributed by atoms with van der Waals surface area (Å²) in [4.78, 5) is 13.9. The number of para-hydroxylation sites is 1. The maximum absolute atomic E-state index is 12.1. The SMILES string of the molecule is CCCCC(C(=O)O)N(c1ccccc1)c1ccc(-n2c(=S)[nH][nH]c2=S)cc1.[Ag]. The summed E-state index contributed by atoms with van der Waals surface area (Å²) in [5.41, 5.74) is 2.45. The molecular weight excluding hydrogens is 500 g/mol. The molecule has 0 saturated heterocycles. The molecule has 9 heteroatoms. The average molecular weight is 522 g/mol. The third-order valence-corrected chi connectivity index (χ3v) is 5.10. The summed E-state index contributed by atoms with van der Waals surface area (Å²) in [5, 5.41) is 15.5. The zero-order valence-corrected chi connectivity index (χ0v) is 18.9. The normalized spacial score (nSPS) is 11.5. The van der Waals surface area contributed by atoms with Crippen molar-refractivity contribution in [3.63, 3.8) is 0 Å². The summed E-state index contributed by atoms with van der Waals surface area (Å²) in [6.07, 6.45) is 2.35. The van der Waals surface area contributed by atoms with E-state index in [1.807, 2.05) is 59.5 Å². The van der Waals surface area contributed by atoms with Gasteiger partial charge in [0.1, 0.15) is 6.04 Å². The van der Waals surface area contributed by atoms with Gasteiger partial charge in [0, 0.05) is 33.8 Å². The Morgan fingerprint density at radius 3 is 2.10 bits per heavy atom. The Kier molecular flexibility index (Phi) is 8.61. The number of hydrogen-bond acceptors (Lipinski definition) is 4. The van der Waals surface area contributed by atoms with Gasteiger partial charge in [-0.15, -0.1) is 0 Å². The number of rotatable bonds is 8. The monoisotopic (exact) mass is 521 g/mol. The maximum Gasteiger partial charge on any atom is 0.326 e. The van der Waals surface area contributed by atoms with Crippen molar-refractivity contribution < 1.29 is 32.3 Å². The zero-order chi connectivity index (χ0) is 20.1. The van der Waals surface area contributed by atoms with Crippen molar-refractivity contribution in [1.82, 2.24) is 14.8 Å². The molecule has 0 aliphatic rings. The molecule has 3 rings (SSSR count). The van der Waals surface area contributed by atoms with Crippen molar-refractivity contribution in [2.75, 3.05) is 4.90 Å². The maximum atomic E-state index is 12.1. The van der Waals surface area contributed by atoms with Gasteiger partial charge in [-0.2, -0.15) is 0 Å². The molecule has 1 unspecified atom stereocenters. The molecule has 3 aromatic rings. The van der Waals surface area contributed by atoms with Gasteiger partial charge in [0.25, 0.3) is 0 Å². The smallest absolute Gasteiger partial charge is 0.326 e. The second-order valence-corrected chi connectivity index (χ2v) is 7.19. The zero-order valence-electron chi connectivity index (χ0n) is 15.8. The Hall–Kier alpha value is -1.97. The first-order chi connectivity index (χ1) is 13.5. The number of anilines is 2. The van der Waals surface area contributed by atoms with Crippen molar-refractivity contribution in [2.45, 2.75) is 32.2 Å². The van der Waals surface area contributed by atoms with Crippen LogP contribution in [0.1, 0.15) is 26.2 Å². The molecule has 0 aliphatic heterocycles. The number of aromatic nitrogens is 3. The fourth-order valence-electron chi connectivity index (χ4n) is 3.17. The second-order valence-electron chi connectivity index (χ2n) is 6.41. The van der Waals surface area contributed by atoms with Crippen molar-refractivity contribution in [2.24, 2.45) is 0 Å². The first-order valence-corrected chi connectivity index (χ1v) is 9.91. The molecule has 1 radical (unpaired) electrons. The van der Waals surface area contributed by atoms with Crippen LogP contribution in [0.5, 0.6) is 0 Å². The molecule has 0 amide bonds. The van der Waals surface area contributed by atoms with E-state index in [9.17, 15) is 9.90 Å². The predicted molar refractivity (Wildman–Crippen MR) is 116 cm³/mol. The fourth-order valence-corrected chi connectivity index (χ4v) is 3.72. The van der Waals surface area contributed by atoms with Gasteiger partial charge in [-0.25, -0.2) is 4.79 Å². The van der Waals surface area contributed by atoms with Crippen LogP contribution >= 0.6 is 24.4 Å². The van der Waals surface area contributed by atoms with Crippen LogP contribution in [0.15, 0.2) is 54.6 Å². The number of carbonyl (C=O) groups is 1. The molecule has 1 heterocycles. The van der Waals surface area contributed by atoms with E-state index in [1.54, 1.807) is 4.57 Å². The molecule has 2 aromatic carbocycles. The summed E-state index contributed by atoms with van der Waals surface area (Å²) < 4.78 is 2.67. The van der Waals surface area contributed by atoms with Crippen LogP contribution in [0.25, 0.3) is 5.69 Å². The van der Waals surface area contributed by atoms with E-state index in [-0.39, 0.29) is 22.4 Å². The van der Waals surface area contributed by atoms with Crippen LogP contribution in [0.3, 0.4) is 0 Å². The Bertz CT molecular complexity index is 1020. The van der Waals surface area contributed by atoms with E-state index in [4.69, 9.17) is 24.4 Å². The average Bonchev–Trinajstić information content (AvgIpc) is 3.04. The van der Waals surface area contributed by atoms with Gasteiger partial charge in [-0.05, 0) is 67.3 Å². The second kappa shape index (κ2) is 10.7. The van der Waals surface area contributed by atoms with Crippen LogP contribution < -0.4 is 4.90 Å². The minimum Gasteiger partial charge on any atom is -0.480 e. The summed E-state index contributed by atoms with van der Waals surface area (Å²) in [6.45, 7) is 2.06. The van der Waals surface area contributed by atoms with Crippen molar-refractivity contribution >= 4 is 41.8 Å². The van der Waals surface area contributed by atoms with Gasteiger partial charge < -0.3 is 10.0 Å². The molecule has 6 nitrogen and oxygen atoms in total. The topological polar surface area (TPSA) is 77.0 Å². The van der Waals surface area contributed by atoms with Crippen LogP contribution in [-0.4, -0.2) is 31.9 Å². The van der Waals surface area contributed by atoms with Gasteiger partial charge in [0.15, 0.2) is 9.54 Å². The number of aromatic amines is 2. The summed E-state index contributed by atoms with van der Waals surface area (Å²) in [5.74, 6) is -0.836. The number of carboxylic acids is 1. The van der Waals surface area contributed by atoms with Gasteiger partial charge >= 0.3 is 5.97 Å². The standard InChI is InChI=1S/C20H22N4O2S2.Ag/c1-2-3-9-17(18(25)26)23(14-7-5-4-6-8-14)15-10-12-16(13-11-15)24-19(27)21-22-20(24)28;/h4-8,10-13,17H,2-3,9H2,1H3,(H,21,27)(H,22,28)(H,25,26);. The van der Waals surface area contributed by atoms with Crippen LogP contribution in [0.2, 0.25) is 0 Å². The van der Waals surface area contributed by atoms with E-state index in [0.717, 1.165) is 29.9 Å². The molecule has 157 valence electrons. The Balaban J connectivity index is 0.00000300. The minimum absolute atomic E-state index is 0. The number of H-pyrrole nitrogens is 2. The molecule has 0 bridgehead atoms. The van der Waals surface area contributed by atoms with Gasteiger partial charge in [-0.1, -0.05) is 38.0 Å². The summed E-state index contributed by atoms with van der Waals surface area (Å²) in [6, 6.07) is 16.5. The molecule has 0 spiro atoms. The van der Waals surface area contributed by atoms with E-state index in [1.165, 1.54) is 0 Å². The third-order valence-electron chi connectivity index (χ3n) is 4.53. The molecule has 3 N–H and O–H groups in total. The van der Waals surface area contributed by atoms with E-state index >= 15 is 0 Å². The summed E-state index contributed by atoms with van der Waals surface area (Å²) >= 11 is 10.5. The largest absolute Gasteiger partial charge is 0.480 e. The minimum atomic E-state index is -0.836. The van der Waals surface area contributed by atoms with Crippen LogP contribution in [0.4, 0.5) is 11.4 Å². The Labute approximate surface area is 195 Å². The van der Waals surface area contributed by atoms with Gasteiger partial charge in [-0.3, -0.25) is 14.8 Å².